The molecule has 5 aromatic rings. The van der Waals surface area contributed by atoms with Gasteiger partial charge in [-0.05, 0) is 96.9 Å². The number of carbonyl (C=O) groups excluding carboxylic acids is 4. The summed E-state index contributed by atoms with van der Waals surface area (Å²) in [6, 6.07) is 25.9. The molecule has 2 saturated heterocycles. The van der Waals surface area contributed by atoms with Gasteiger partial charge in [0.1, 0.15) is 60.3 Å². The number of pyridine rings is 2. The predicted molar refractivity (Wildman–Crippen MR) is 281 cm³/mol. The Morgan fingerprint density at radius 2 is 0.810 bits per heavy atom. The van der Waals surface area contributed by atoms with Crippen LogP contribution in [-0.2, 0) is 61.3 Å². The molecular formula is C58H60N6O20-4. The number of ether oxygens (including phenoxy) is 4. The number of aliphatic hydroxyl groups is 8. The maximum atomic E-state index is 11.7. The van der Waals surface area contributed by atoms with Gasteiger partial charge in [0, 0.05) is 86.8 Å². The molecule has 0 spiro atoms. The molecule has 4 unspecified atom stereocenters. The van der Waals surface area contributed by atoms with Crippen molar-refractivity contribution in [2.24, 2.45) is 0 Å². The summed E-state index contributed by atoms with van der Waals surface area (Å²) in [5.74, 6) is 6.33. The van der Waals surface area contributed by atoms with Crippen LogP contribution in [0.25, 0.3) is 0 Å². The minimum absolute atomic E-state index is 0.0500. The largest absolute Gasteiger partial charge is 0.549 e. The number of rotatable bonds is 25. The van der Waals surface area contributed by atoms with Crippen LogP contribution in [-0.4, -0.2) is 197 Å². The molecule has 2 aromatic heterocycles. The lowest BCUT2D eigenvalue weighted by atomic mass is 9.99. The number of aliphatic hydroxyl groups excluding tert-OH is 8. The molecule has 10 N–H and O–H groups in total. The summed E-state index contributed by atoms with van der Waals surface area (Å²) in [4.78, 5) is 60.7. The molecule has 26 heteroatoms. The van der Waals surface area contributed by atoms with Gasteiger partial charge in [-0.2, -0.15) is 0 Å². The summed E-state index contributed by atoms with van der Waals surface area (Å²) >= 11 is 0. The number of benzene rings is 3. The van der Waals surface area contributed by atoms with Crippen LogP contribution in [0.1, 0.15) is 50.6 Å². The third kappa shape index (κ3) is 18.7. The topological polar surface area (TPSA) is 421 Å². The van der Waals surface area contributed by atoms with Gasteiger partial charge in [-0.15, -0.1) is 0 Å². The highest BCUT2D eigenvalue weighted by molar-refractivity contribution is 5.71. The molecule has 0 bridgehead atoms. The van der Waals surface area contributed by atoms with E-state index in [1.807, 2.05) is 17.0 Å². The van der Waals surface area contributed by atoms with Crippen molar-refractivity contribution in [2.45, 2.75) is 94.0 Å². The molecule has 0 aliphatic carbocycles. The van der Waals surface area contributed by atoms with E-state index < -0.39 is 125 Å². The van der Waals surface area contributed by atoms with Crippen LogP contribution in [0.15, 0.2) is 97.1 Å². The highest BCUT2D eigenvalue weighted by atomic mass is 16.7. The Hall–Kier alpha value is -8.16. The van der Waals surface area contributed by atoms with Crippen LogP contribution >= 0.6 is 0 Å². The summed E-state index contributed by atoms with van der Waals surface area (Å²) in [7, 11) is 0. The quantitative estimate of drug-likeness (QED) is 0.0194. The molecule has 446 valence electrons. The van der Waals surface area contributed by atoms with E-state index in [2.05, 4.69) is 23.7 Å². The first-order chi connectivity index (χ1) is 40.1. The number of hydrogen-bond donors (Lipinski definition) is 9. The fourth-order valence-corrected chi connectivity index (χ4v) is 9.06. The first-order valence-corrected chi connectivity index (χ1v) is 26.1. The fraction of sp³-hybridized carbons (Fsp3) is 0.379. The van der Waals surface area contributed by atoms with E-state index in [0.29, 0.717) is 52.3 Å². The van der Waals surface area contributed by atoms with Gasteiger partial charge in [-0.3, -0.25) is 24.7 Å². The Kier molecular flexibility index (Phi) is 22.6. The molecule has 26 nitrogen and oxygen atoms in total. The van der Waals surface area contributed by atoms with Crippen molar-refractivity contribution in [2.75, 3.05) is 51.7 Å². The number of carboxylic acid groups (broad SMARTS) is 4. The highest BCUT2D eigenvalue weighted by Gasteiger charge is 2.46. The van der Waals surface area contributed by atoms with Gasteiger partial charge >= 0.3 is 0 Å². The van der Waals surface area contributed by atoms with Crippen LogP contribution in [0.4, 0.5) is 5.69 Å². The lowest BCUT2D eigenvalue weighted by Crippen LogP contribution is -2.60. The van der Waals surface area contributed by atoms with Crippen LogP contribution in [0.5, 0.6) is 11.5 Å². The Morgan fingerprint density at radius 3 is 1.14 bits per heavy atom. The number of anilines is 1. The molecule has 0 saturated carbocycles. The van der Waals surface area contributed by atoms with Crippen LogP contribution < -0.4 is 35.6 Å². The molecule has 4 heterocycles. The van der Waals surface area contributed by atoms with Crippen molar-refractivity contribution >= 4 is 29.6 Å². The first-order valence-electron chi connectivity index (χ1n) is 26.1. The smallest absolute Gasteiger partial charge is 0.229 e. The molecular weight excluding hydrogens is 1100 g/mol. The van der Waals surface area contributed by atoms with E-state index >= 15 is 0 Å². The molecule has 0 radical (unpaired) electrons. The standard InChI is InChI=1S/C58H64N6O20/c59-38-11-5-35(6-12-38)17-18-62(23-39-19-36(21-41(60-39)25-63(27-47(67)68)28-48(69)70)3-1-33-7-13-43(14-8-33)81-57-55(79)53(77)51(75)45(31-65)83-57)24-40-20-37(22-42(61-40)26-64(29-49(71)72)30-50(73)74)4-2-34-9-15-44(16-10-34)82-58-56(80)54(78)52(76)46(32-66)84-58/h5-16,19-22,45-46,51-58,65-66,75-80H,17-18,23-32,59H2,(H,67,68)(H,69,70)(H,71,72)(H,73,74)/p-4/t45?,46?,51-,52+,53-,54+,55?,56?,57+,58-. The minimum atomic E-state index is -1.66. The molecule has 2 aliphatic rings. The van der Waals surface area contributed by atoms with Gasteiger partial charge in [0.05, 0.1) is 59.9 Å². The summed E-state index contributed by atoms with van der Waals surface area (Å²) in [6.07, 6.45) is -14.6. The molecule has 2 aliphatic heterocycles. The molecule has 0 amide bonds. The van der Waals surface area contributed by atoms with Crippen LogP contribution in [0.3, 0.4) is 0 Å². The molecule has 3 aromatic carbocycles. The van der Waals surface area contributed by atoms with Crippen molar-refractivity contribution in [1.29, 1.82) is 0 Å². The zero-order valence-electron chi connectivity index (χ0n) is 44.8. The number of aromatic nitrogens is 2. The van der Waals surface area contributed by atoms with Gasteiger partial charge in [0.2, 0.25) is 12.6 Å². The Balaban J connectivity index is 1.21. The highest BCUT2D eigenvalue weighted by Crippen LogP contribution is 2.27. The summed E-state index contributed by atoms with van der Waals surface area (Å²) in [5.41, 5.74) is 10.2. The number of nitrogens with zero attached hydrogens (tertiary/aromatic N) is 5. The second kappa shape index (κ2) is 29.9. The zero-order valence-corrected chi connectivity index (χ0v) is 44.8. The summed E-state index contributed by atoms with van der Waals surface area (Å²) < 4.78 is 22.3. The summed E-state index contributed by atoms with van der Waals surface area (Å²) in [5, 5.41) is 128. The van der Waals surface area contributed by atoms with E-state index in [-0.39, 0.29) is 49.1 Å². The van der Waals surface area contributed by atoms with Gasteiger partial charge < -0.3 is 105 Å². The lowest BCUT2D eigenvalue weighted by molar-refractivity contribution is -0.313. The fourth-order valence-electron chi connectivity index (χ4n) is 9.06. The summed E-state index contributed by atoms with van der Waals surface area (Å²) in [6.45, 7) is -4.62. The van der Waals surface area contributed by atoms with Crippen molar-refractivity contribution in [3.8, 4) is 35.2 Å². The average molecular weight is 1160 g/mol. The van der Waals surface area contributed by atoms with E-state index in [1.54, 1.807) is 60.7 Å². The number of hydrogen-bond acceptors (Lipinski definition) is 26. The Labute approximate surface area is 480 Å². The van der Waals surface area contributed by atoms with E-state index in [4.69, 9.17) is 34.6 Å². The third-order valence-corrected chi connectivity index (χ3v) is 13.1. The maximum Gasteiger partial charge on any atom is 0.229 e. The van der Waals surface area contributed by atoms with E-state index in [0.717, 1.165) is 15.4 Å². The predicted octanol–water partition coefficient (Wildman–Crippen LogP) is -6.94. The second-order valence-electron chi connectivity index (χ2n) is 19.8. The number of nitrogen functional groups attached to an aromatic ring is 1. The molecule has 10 atom stereocenters. The Morgan fingerprint density at radius 1 is 0.476 bits per heavy atom. The maximum absolute atomic E-state index is 11.7. The third-order valence-electron chi connectivity index (χ3n) is 13.1. The van der Waals surface area contributed by atoms with Crippen molar-refractivity contribution in [3.63, 3.8) is 0 Å². The second-order valence-corrected chi connectivity index (χ2v) is 19.8. The van der Waals surface area contributed by atoms with Crippen molar-refractivity contribution < 1.29 is 99.4 Å². The van der Waals surface area contributed by atoms with E-state index in [9.17, 15) is 80.5 Å². The average Bonchev–Trinajstić information content (AvgIpc) is 3.32. The van der Waals surface area contributed by atoms with Crippen LogP contribution in [0, 0.1) is 23.7 Å². The zero-order chi connectivity index (χ0) is 60.6. The SMILES string of the molecule is Nc1ccc(CCN(Cc2cc(C#Cc3ccc(O[C@@H]4OC(CO)[C@H](O)[C@H](O)C4O)cc3)cc(CN(CC(=O)[O-])CC(=O)[O-])n2)Cc2cc(C#Cc3ccc(O[C@H]4OC(CO)[C@@H](O)[C@@H](O)C4O)cc3)cc(CN(CC(=O)[O-])CC(=O)[O-])n2)cc1. The Bertz CT molecular complexity index is 2960. The molecule has 7 rings (SSSR count). The van der Waals surface area contributed by atoms with Crippen LogP contribution in [0.2, 0.25) is 0 Å². The normalized spacial score (nSPS) is 22.1. The minimum Gasteiger partial charge on any atom is -0.549 e. The lowest BCUT2D eigenvalue weighted by Gasteiger charge is -2.39. The number of aliphatic carboxylic acids is 4. The van der Waals surface area contributed by atoms with Gasteiger partial charge in [0.25, 0.3) is 0 Å². The van der Waals surface area contributed by atoms with Gasteiger partial charge in [-0.1, -0.05) is 35.8 Å². The van der Waals surface area contributed by atoms with E-state index in [1.165, 1.54) is 24.3 Å². The van der Waals surface area contributed by atoms with Crippen molar-refractivity contribution in [3.05, 3.63) is 148 Å². The molecule has 2 fully saturated rings. The van der Waals surface area contributed by atoms with Gasteiger partial charge in [-0.25, -0.2) is 0 Å². The monoisotopic (exact) mass is 1160 g/mol. The number of carboxylic acids is 4. The number of carbonyl (C=O) groups is 4. The van der Waals surface area contributed by atoms with Crippen molar-refractivity contribution in [1.82, 2.24) is 24.7 Å². The number of nitrogens with two attached hydrogens (primary N) is 1. The van der Waals surface area contributed by atoms with Gasteiger partial charge in [0.15, 0.2) is 0 Å². The first kappa shape index (κ1) is 63.4. The molecule has 84 heavy (non-hydrogen) atoms.